The fourth-order valence-corrected chi connectivity index (χ4v) is 3.85. The van der Waals surface area contributed by atoms with Crippen LogP contribution in [0.25, 0.3) is 0 Å². The molecule has 0 fully saturated rings. The summed E-state index contributed by atoms with van der Waals surface area (Å²) in [5.41, 5.74) is 8.64. The summed E-state index contributed by atoms with van der Waals surface area (Å²) in [5, 5.41) is 0. The minimum atomic E-state index is 0.0458. The third kappa shape index (κ3) is 4.35. The lowest BCUT2D eigenvalue weighted by atomic mass is 9.87. The molecule has 2 aromatic rings. The molecule has 0 aliphatic heterocycles. The lowest BCUT2D eigenvalue weighted by Crippen LogP contribution is -2.10. The quantitative estimate of drug-likeness (QED) is 0.732. The molecule has 2 aromatic carbocycles. The van der Waals surface area contributed by atoms with E-state index in [1.165, 1.54) is 15.4 Å². The summed E-state index contributed by atoms with van der Waals surface area (Å²) in [4.78, 5) is 2.47. The molecule has 0 unspecified atom stereocenters. The van der Waals surface area contributed by atoms with Crippen molar-refractivity contribution >= 4 is 27.7 Å². The monoisotopic (exact) mass is 363 g/mol. The third-order valence-corrected chi connectivity index (χ3v) is 5.10. The molecule has 0 saturated heterocycles. The molecule has 21 heavy (non-hydrogen) atoms. The summed E-state index contributed by atoms with van der Waals surface area (Å²) in [6, 6.07) is 15.2. The number of halogens is 1. The first kappa shape index (κ1) is 16.6. The van der Waals surface area contributed by atoms with Crippen molar-refractivity contribution in [2.45, 2.75) is 48.9 Å². The molecule has 0 saturated carbocycles. The minimum Gasteiger partial charge on any atom is -0.324 e. The van der Waals surface area contributed by atoms with E-state index < -0.39 is 0 Å². The van der Waals surface area contributed by atoms with Crippen LogP contribution in [0.15, 0.2) is 56.7 Å². The SMILES string of the molecule is C[C@H](N)c1ccc(Sc2ccc(C(C)(C)C)cc2)cc1Br. The summed E-state index contributed by atoms with van der Waals surface area (Å²) in [5.74, 6) is 0. The van der Waals surface area contributed by atoms with Crippen molar-refractivity contribution in [3.63, 3.8) is 0 Å². The van der Waals surface area contributed by atoms with E-state index in [0.717, 1.165) is 10.0 Å². The molecule has 2 rings (SSSR count). The second kappa shape index (κ2) is 6.55. The first-order chi connectivity index (χ1) is 9.77. The molecule has 0 bridgehead atoms. The zero-order valence-corrected chi connectivity index (χ0v) is 15.4. The highest BCUT2D eigenvalue weighted by atomic mass is 79.9. The van der Waals surface area contributed by atoms with Gasteiger partial charge in [-0.15, -0.1) is 0 Å². The van der Waals surface area contributed by atoms with Gasteiger partial charge < -0.3 is 5.73 Å². The molecular formula is C18H22BrNS. The molecule has 0 aromatic heterocycles. The van der Waals surface area contributed by atoms with Crippen molar-refractivity contribution in [2.75, 3.05) is 0 Å². The summed E-state index contributed by atoms with van der Waals surface area (Å²) in [6.45, 7) is 8.70. The Labute approximate surface area is 140 Å². The number of hydrogen-bond acceptors (Lipinski definition) is 2. The Morgan fingerprint density at radius 1 is 1.00 bits per heavy atom. The van der Waals surface area contributed by atoms with Crippen LogP contribution in [0, 0.1) is 0 Å². The molecule has 0 aliphatic rings. The Morgan fingerprint density at radius 3 is 2.05 bits per heavy atom. The van der Waals surface area contributed by atoms with Gasteiger partial charge in [-0.25, -0.2) is 0 Å². The second-order valence-electron chi connectivity index (χ2n) is 6.35. The van der Waals surface area contributed by atoms with Gasteiger partial charge in [-0.3, -0.25) is 0 Å². The normalized spacial score (nSPS) is 13.2. The molecular weight excluding hydrogens is 342 g/mol. The van der Waals surface area contributed by atoms with E-state index in [1.807, 2.05) is 6.92 Å². The maximum absolute atomic E-state index is 5.94. The van der Waals surface area contributed by atoms with Gasteiger partial charge in [0.25, 0.3) is 0 Å². The van der Waals surface area contributed by atoms with Gasteiger partial charge in [-0.05, 0) is 47.7 Å². The van der Waals surface area contributed by atoms with Crippen molar-refractivity contribution in [3.8, 4) is 0 Å². The molecule has 0 radical (unpaired) electrons. The van der Waals surface area contributed by atoms with Crippen LogP contribution in [0.2, 0.25) is 0 Å². The van der Waals surface area contributed by atoms with Crippen molar-refractivity contribution in [1.29, 1.82) is 0 Å². The molecule has 0 heterocycles. The van der Waals surface area contributed by atoms with Gasteiger partial charge >= 0.3 is 0 Å². The van der Waals surface area contributed by atoms with Crippen LogP contribution >= 0.6 is 27.7 Å². The largest absolute Gasteiger partial charge is 0.324 e. The first-order valence-corrected chi connectivity index (χ1v) is 8.72. The van der Waals surface area contributed by atoms with Crippen LogP contribution in [-0.4, -0.2) is 0 Å². The van der Waals surface area contributed by atoms with Crippen LogP contribution in [0.4, 0.5) is 0 Å². The number of rotatable bonds is 3. The summed E-state index contributed by atoms with van der Waals surface area (Å²) >= 11 is 5.38. The first-order valence-electron chi connectivity index (χ1n) is 7.11. The number of nitrogens with two attached hydrogens (primary N) is 1. The highest BCUT2D eigenvalue weighted by molar-refractivity contribution is 9.10. The average Bonchev–Trinajstić information content (AvgIpc) is 2.38. The minimum absolute atomic E-state index is 0.0458. The lowest BCUT2D eigenvalue weighted by Gasteiger charge is -2.19. The van der Waals surface area contributed by atoms with Gasteiger partial charge in [0, 0.05) is 20.3 Å². The molecule has 3 heteroatoms. The van der Waals surface area contributed by atoms with E-state index in [2.05, 4.69) is 79.2 Å². The Morgan fingerprint density at radius 2 is 1.57 bits per heavy atom. The summed E-state index contributed by atoms with van der Waals surface area (Å²) < 4.78 is 1.08. The smallest absolute Gasteiger partial charge is 0.0277 e. The molecule has 0 amide bonds. The van der Waals surface area contributed by atoms with Crippen LogP contribution in [-0.2, 0) is 5.41 Å². The molecule has 2 N–H and O–H groups in total. The fraction of sp³-hybridized carbons (Fsp3) is 0.333. The highest BCUT2D eigenvalue weighted by Crippen LogP contribution is 2.33. The maximum atomic E-state index is 5.94. The van der Waals surface area contributed by atoms with E-state index in [-0.39, 0.29) is 11.5 Å². The fourth-order valence-electron chi connectivity index (χ4n) is 2.10. The lowest BCUT2D eigenvalue weighted by molar-refractivity contribution is 0.590. The predicted octanol–water partition coefficient (Wildman–Crippen LogP) is 5.92. The standard InChI is InChI=1S/C18H22BrNS/c1-12(20)16-10-9-15(11-17(16)19)21-14-7-5-13(6-8-14)18(2,3)4/h5-12H,20H2,1-4H3/t12-/m0/s1. The molecule has 0 aliphatic carbocycles. The van der Waals surface area contributed by atoms with E-state index in [4.69, 9.17) is 5.73 Å². The molecule has 0 spiro atoms. The van der Waals surface area contributed by atoms with Crippen molar-refractivity contribution in [1.82, 2.24) is 0 Å². The topological polar surface area (TPSA) is 26.0 Å². The number of benzene rings is 2. The molecule has 1 nitrogen and oxygen atoms in total. The van der Waals surface area contributed by atoms with Crippen LogP contribution in [0.1, 0.15) is 44.9 Å². The Bertz CT molecular complexity index is 612. The maximum Gasteiger partial charge on any atom is 0.0277 e. The Hall–Kier alpha value is -0.770. The zero-order valence-electron chi connectivity index (χ0n) is 13.0. The van der Waals surface area contributed by atoms with Crippen LogP contribution in [0.5, 0.6) is 0 Å². The second-order valence-corrected chi connectivity index (χ2v) is 8.35. The van der Waals surface area contributed by atoms with E-state index >= 15 is 0 Å². The van der Waals surface area contributed by atoms with Crippen LogP contribution in [0.3, 0.4) is 0 Å². The van der Waals surface area contributed by atoms with Crippen molar-refractivity contribution < 1.29 is 0 Å². The molecule has 1 atom stereocenters. The average molecular weight is 364 g/mol. The van der Waals surface area contributed by atoms with Crippen molar-refractivity contribution in [2.24, 2.45) is 5.73 Å². The highest BCUT2D eigenvalue weighted by Gasteiger charge is 2.13. The van der Waals surface area contributed by atoms with Crippen molar-refractivity contribution in [3.05, 3.63) is 58.1 Å². The van der Waals surface area contributed by atoms with Gasteiger partial charge in [-0.1, -0.05) is 66.7 Å². The summed E-state index contributed by atoms with van der Waals surface area (Å²) in [7, 11) is 0. The molecule has 112 valence electrons. The van der Waals surface area contributed by atoms with Gasteiger partial charge in [0.2, 0.25) is 0 Å². The van der Waals surface area contributed by atoms with Gasteiger partial charge in [0.05, 0.1) is 0 Å². The van der Waals surface area contributed by atoms with E-state index in [1.54, 1.807) is 11.8 Å². The predicted molar refractivity (Wildman–Crippen MR) is 96.0 cm³/mol. The van der Waals surface area contributed by atoms with Gasteiger partial charge in [0.15, 0.2) is 0 Å². The Balaban J connectivity index is 2.17. The Kier molecular flexibility index (Phi) is 5.18. The third-order valence-electron chi connectivity index (χ3n) is 3.42. The zero-order chi connectivity index (χ0) is 15.6. The van der Waals surface area contributed by atoms with Gasteiger partial charge in [-0.2, -0.15) is 0 Å². The summed E-state index contributed by atoms with van der Waals surface area (Å²) in [6.07, 6.45) is 0. The van der Waals surface area contributed by atoms with Gasteiger partial charge in [0.1, 0.15) is 0 Å². The van der Waals surface area contributed by atoms with Crippen LogP contribution < -0.4 is 5.73 Å². The van der Waals surface area contributed by atoms with E-state index in [0.29, 0.717) is 0 Å². The van der Waals surface area contributed by atoms with E-state index in [9.17, 15) is 0 Å². The number of hydrogen-bond donors (Lipinski definition) is 1.